The monoisotopic (exact) mass is 426 g/mol. The van der Waals surface area contributed by atoms with E-state index in [0.29, 0.717) is 0 Å². The van der Waals surface area contributed by atoms with Gasteiger partial charge in [-0.05, 0) is 66.7 Å². The van der Waals surface area contributed by atoms with Gasteiger partial charge in [-0.3, -0.25) is 4.98 Å². The van der Waals surface area contributed by atoms with Crippen LogP contribution < -0.4 is 10.2 Å². The fourth-order valence-electron chi connectivity index (χ4n) is 3.45. The summed E-state index contributed by atoms with van der Waals surface area (Å²) in [5.74, 6) is 0. The molecular formula is C20H19BrN4S. The second-order valence-corrected chi connectivity index (χ2v) is 7.78. The number of aromatic nitrogens is 2. The summed E-state index contributed by atoms with van der Waals surface area (Å²) in [7, 11) is 2.04. The van der Waals surface area contributed by atoms with Crippen LogP contribution in [-0.2, 0) is 7.05 Å². The molecule has 4 rings (SSSR count). The Kier molecular flexibility index (Phi) is 4.54. The zero-order valence-corrected chi connectivity index (χ0v) is 17.0. The molecule has 26 heavy (non-hydrogen) atoms. The van der Waals surface area contributed by atoms with Crippen molar-refractivity contribution in [3.8, 4) is 0 Å². The van der Waals surface area contributed by atoms with Gasteiger partial charge in [0.2, 0.25) is 0 Å². The third kappa shape index (κ3) is 3.04. The lowest BCUT2D eigenvalue weighted by atomic mass is 9.98. The van der Waals surface area contributed by atoms with E-state index in [1.807, 2.05) is 31.4 Å². The first-order valence-corrected chi connectivity index (χ1v) is 9.63. The number of nitrogens with zero attached hydrogens (tertiary/aromatic N) is 3. The predicted molar refractivity (Wildman–Crippen MR) is 112 cm³/mol. The van der Waals surface area contributed by atoms with Crippen molar-refractivity contribution in [1.82, 2.24) is 14.9 Å². The second-order valence-electron chi connectivity index (χ2n) is 6.54. The maximum absolute atomic E-state index is 5.73. The minimum Gasteiger partial charge on any atom is -0.357 e. The number of aryl methyl sites for hydroxylation is 2. The highest BCUT2D eigenvalue weighted by Gasteiger charge is 2.41. The van der Waals surface area contributed by atoms with Crippen LogP contribution in [0.15, 0.2) is 65.5 Å². The van der Waals surface area contributed by atoms with E-state index in [9.17, 15) is 0 Å². The first kappa shape index (κ1) is 17.2. The molecule has 1 aliphatic heterocycles. The average molecular weight is 427 g/mol. The molecule has 1 N–H and O–H groups in total. The van der Waals surface area contributed by atoms with Gasteiger partial charge in [-0.25, -0.2) is 0 Å². The quantitative estimate of drug-likeness (QED) is 0.616. The summed E-state index contributed by atoms with van der Waals surface area (Å²) >= 11 is 9.31. The van der Waals surface area contributed by atoms with E-state index < -0.39 is 0 Å². The summed E-state index contributed by atoms with van der Waals surface area (Å²) in [6.07, 6.45) is 6.04. The summed E-state index contributed by atoms with van der Waals surface area (Å²) in [5.41, 5.74) is 4.45. The summed E-state index contributed by atoms with van der Waals surface area (Å²) in [6.45, 7) is 2.09. The summed E-state index contributed by atoms with van der Waals surface area (Å²) in [5, 5.41) is 4.20. The molecule has 0 amide bonds. The molecule has 132 valence electrons. The fraction of sp³-hybridized carbons (Fsp3) is 0.200. The normalized spacial score (nSPS) is 19.7. The molecule has 1 aromatic carbocycles. The molecule has 0 unspecified atom stereocenters. The first-order chi connectivity index (χ1) is 12.5. The Bertz CT molecular complexity index is 953. The molecule has 2 aromatic heterocycles. The lowest BCUT2D eigenvalue weighted by molar-refractivity contribution is 0.567. The fourth-order valence-corrected chi connectivity index (χ4v) is 4.04. The van der Waals surface area contributed by atoms with Gasteiger partial charge in [0.1, 0.15) is 0 Å². The lowest BCUT2D eigenvalue weighted by Gasteiger charge is -2.27. The van der Waals surface area contributed by atoms with Crippen LogP contribution in [0.25, 0.3) is 0 Å². The number of pyridine rings is 1. The Labute approximate surface area is 167 Å². The Hall–Kier alpha value is -2.18. The molecule has 0 bridgehead atoms. The summed E-state index contributed by atoms with van der Waals surface area (Å²) in [4.78, 5) is 6.77. The van der Waals surface area contributed by atoms with Crippen molar-refractivity contribution in [2.45, 2.75) is 19.0 Å². The van der Waals surface area contributed by atoms with E-state index in [1.54, 1.807) is 0 Å². The van der Waals surface area contributed by atoms with E-state index in [4.69, 9.17) is 12.2 Å². The number of anilines is 1. The van der Waals surface area contributed by atoms with Crippen LogP contribution in [0.3, 0.4) is 0 Å². The third-order valence-electron chi connectivity index (χ3n) is 4.71. The van der Waals surface area contributed by atoms with E-state index in [1.165, 1.54) is 11.1 Å². The Morgan fingerprint density at radius 2 is 2.04 bits per heavy atom. The first-order valence-electron chi connectivity index (χ1n) is 8.43. The van der Waals surface area contributed by atoms with E-state index >= 15 is 0 Å². The van der Waals surface area contributed by atoms with Gasteiger partial charge in [0.05, 0.1) is 17.8 Å². The molecule has 0 aliphatic carbocycles. The van der Waals surface area contributed by atoms with E-state index in [-0.39, 0.29) is 12.1 Å². The van der Waals surface area contributed by atoms with Gasteiger partial charge in [-0.2, -0.15) is 0 Å². The van der Waals surface area contributed by atoms with Crippen LogP contribution in [-0.4, -0.2) is 14.7 Å². The number of benzene rings is 1. The van der Waals surface area contributed by atoms with Gasteiger partial charge in [-0.1, -0.05) is 22.0 Å². The minimum absolute atomic E-state index is 0.00458. The predicted octanol–water partition coefficient (Wildman–Crippen LogP) is 4.67. The SMILES string of the molecule is Cc1cc(N2C(=S)N[C@@H](c3ccccn3)[C@H]2c2ccn(C)c2)ccc1Br. The number of nitrogens with one attached hydrogen (secondary N) is 1. The maximum atomic E-state index is 5.73. The largest absolute Gasteiger partial charge is 0.357 e. The highest BCUT2D eigenvalue weighted by molar-refractivity contribution is 9.10. The molecule has 0 spiro atoms. The Balaban J connectivity index is 1.83. The van der Waals surface area contributed by atoms with Crippen LogP contribution in [0, 0.1) is 6.92 Å². The number of hydrogen-bond acceptors (Lipinski definition) is 2. The second kappa shape index (κ2) is 6.85. The average Bonchev–Trinajstić information content (AvgIpc) is 3.21. The van der Waals surface area contributed by atoms with Gasteiger partial charge >= 0.3 is 0 Å². The van der Waals surface area contributed by atoms with Crippen LogP contribution >= 0.6 is 28.1 Å². The van der Waals surface area contributed by atoms with Crippen LogP contribution in [0.5, 0.6) is 0 Å². The molecular weight excluding hydrogens is 408 g/mol. The molecule has 0 saturated carbocycles. The molecule has 1 aliphatic rings. The van der Waals surface area contributed by atoms with E-state index in [0.717, 1.165) is 21.0 Å². The smallest absolute Gasteiger partial charge is 0.174 e. The molecule has 2 atom stereocenters. The van der Waals surface area contributed by atoms with Crippen molar-refractivity contribution in [1.29, 1.82) is 0 Å². The molecule has 1 fully saturated rings. The van der Waals surface area contributed by atoms with Gasteiger partial charge < -0.3 is 14.8 Å². The van der Waals surface area contributed by atoms with Gasteiger partial charge in [0.25, 0.3) is 0 Å². The summed E-state index contributed by atoms with van der Waals surface area (Å²) in [6, 6.07) is 14.5. The zero-order valence-electron chi connectivity index (χ0n) is 14.6. The van der Waals surface area contributed by atoms with Crippen LogP contribution in [0.2, 0.25) is 0 Å². The zero-order chi connectivity index (χ0) is 18.3. The lowest BCUT2D eigenvalue weighted by Crippen LogP contribution is -2.29. The Morgan fingerprint density at radius 1 is 1.19 bits per heavy atom. The molecule has 0 radical (unpaired) electrons. The van der Waals surface area contributed by atoms with Crippen molar-refractivity contribution in [3.05, 3.63) is 82.3 Å². The van der Waals surface area contributed by atoms with Gasteiger partial charge in [0.15, 0.2) is 5.11 Å². The highest BCUT2D eigenvalue weighted by atomic mass is 79.9. The van der Waals surface area contributed by atoms with Crippen LogP contribution in [0.1, 0.15) is 28.9 Å². The molecule has 1 saturated heterocycles. The maximum Gasteiger partial charge on any atom is 0.174 e. The molecule has 4 nitrogen and oxygen atoms in total. The number of halogens is 1. The van der Waals surface area contributed by atoms with Gasteiger partial charge in [-0.15, -0.1) is 0 Å². The standard InChI is InChI=1S/C20H19BrN4S/c1-13-11-15(6-7-16(13)21)25-19(14-8-10-24(2)12-14)18(23-20(25)26)17-5-3-4-9-22-17/h3-12,18-19H,1-2H3,(H,23,26)/t18-,19+/m0/s1. The topological polar surface area (TPSA) is 33.1 Å². The molecule has 6 heteroatoms. The highest BCUT2D eigenvalue weighted by Crippen LogP contribution is 2.42. The molecule has 3 heterocycles. The number of thiocarbonyl (C=S) groups is 1. The van der Waals surface area contributed by atoms with Crippen LogP contribution in [0.4, 0.5) is 5.69 Å². The third-order valence-corrected chi connectivity index (χ3v) is 5.92. The van der Waals surface area contributed by atoms with Crippen molar-refractivity contribution in [2.24, 2.45) is 7.05 Å². The number of hydrogen-bond donors (Lipinski definition) is 1. The van der Waals surface area contributed by atoms with Crippen molar-refractivity contribution >= 4 is 38.9 Å². The van der Waals surface area contributed by atoms with Crippen molar-refractivity contribution in [2.75, 3.05) is 4.90 Å². The number of rotatable bonds is 3. The minimum atomic E-state index is -0.00458. The van der Waals surface area contributed by atoms with Gasteiger partial charge in [0, 0.05) is 35.8 Å². The van der Waals surface area contributed by atoms with E-state index in [2.05, 4.69) is 79.3 Å². The summed E-state index contributed by atoms with van der Waals surface area (Å²) < 4.78 is 3.16. The molecule has 3 aromatic rings. The van der Waals surface area contributed by atoms with Crippen molar-refractivity contribution < 1.29 is 0 Å². The Morgan fingerprint density at radius 3 is 2.69 bits per heavy atom. The van der Waals surface area contributed by atoms with Crippen molar-refractivity contribution in [3.63, 3.8) is 0 Å².